The van der Waals surface area contributed by atoms with E-state index in [2.05, 4.69) is 11.4 Å². The molecule has 1 fully saturated rings. The van der Waals surface area contributed by atoms with Crippen LogP contribution in [0.4, 0.5) is 0 Å². The third-order valence-corrected chi connectivity index (χ3v) is 4.24. The van der Waals surface area contributed by atoms with E-state index >= 15 is 0 Å². The number of hydrogen-bond acceptors (Lipinski definition) is 3. The highest BCUT2D eigenvalue weighted by molar-refractivity contribution is 5.37. The first kappa shape index (κ1) is 14.0. The van der Waals surface area contributed by atoms with Crippen molar-refractivity contribution in [3.05, 3.63) is 34.9 Å². The number of nitrogens with one attached hydrogen (secondary N) is 1. The lowest BCUT2D eigenvalue weighted by atomic mass is 9.82. The molecule has 0 spiro atoms. The molecule has 1 aliphatic rings. The molecule has 2 rings (SSSR count). The second-order valence-corrected chi connectivity index (χ2v) is 5.61. The van der Waals surface area contributed by atoms with E-state index < -0.39 is 0 Å². The molecule has 1 aliphatic carbocycles. The summed E-state index contributed by atoms with van der Waals surface area (Å²) < 4.78 is 0. The molecule has 0 saturated heterocycles. The maximum absolute atomic E-state index is 9.67. The summed E-state index contributed by atoms with van der Waals surface area (Å²) in [6.07, 6.45) is 5.77. The van der Waals surface area contributed by atoms with E-state index in [1.54, 1.807) is 0 Å². The van der Waals surface area contributed by atoms with Crippen molar-refractivity contribution in [3.63, 3.8) is 0 Å². The van der Waals surface area contributed by atoms with Gasteiger partial charge in [0.2, 0.25) is 0 Å². The van der Waals surface area contributed by atoms with Gasteiger partial charge < -0.3 is 10.4 Å². The van der Waals surface area contributed by atoms with E-state index in [0.717, 1.165) is 24.9 Å². The molecule has 3 heteroatoms. The Morgan fingerprint density at radius 2 is 2.05 bits per heavy atom. The summed E-state index contributed by atoms with van der Waals surface area (Å²) in [5.74, 6) is 0. The minimum atomic E-state index is -0.0986. The third kappa shape index (κ3) is 3.34. The Bertz CT molecular complexity index is 470. The average molecular weight is 258 g/mol. The lowest BCUT2D eigenvalue weighted by Gasteiger charge is -2.37. The number of aliphatic hydroxyl groups is 1. The summed E-state index contributed by atoms with van der Waals surface area (Å²) in [6, 6.07) is 7.95. The molecule has 0 radical (unpaired) electrons. The molecule has 1 saturated carbocycles. The lowest BCUT2D eigenvalue weighted by molar-refractivity contribution is 0.119. The first-order valence-corrected chi connectivity index (χ1v) is 7.05. The van der Waals surface area contributed by atoms with Crippen molar-refractivity contribution in [2.75, 3.05) is 6.61 Å². The number of aliphatic hydroxyl groups excluding tert-OH is 1. The highest BCUT2D eigenvalue weighted by Crippen LogP contribution is 2.28. The van der Waals surface area contributed by atoms with Crippen molar-refractivity contribution >= 4 is 0 Å². The minimum Gasteiger partial charge on any atom is -0.394 e. The molecule has 0 atom stereocenters. The molecule has 19 heavy (non-hydrogen) atoms. The molecule has 0 amide bonds. The first-order chi connectivity index (χ1) is 9.19. The largest absolute Gasteiger partial charge is 0.394 e. The van der Waals surface area contributed by atoms with E-state index in [9.17, 15) is 5.11 Å². The Balaban J connectivity index is 2.03. The van der Waals surface area contributed by atoms with Crippen molar-refractivity contribution in [2.45, 2.75) is 51.1 Å². The molecule has 2 N–H and O–H groups in total. The van der Waals surface area contributed by atoms with Gasteiger partial charge in [-0.2, -0.15) is 5.26 Å². The van der Waals surface area contributed by atoms with Gasteiger partial charge in [-0.3, -0.25) is 0 Å². The summed E-state index contributed by atoms with van der Waals surface area (Å²) in [5.41, 5.74) is 2.95. The zero-order valence-electron chi connectivity index (χ0n) is 11.6. The molecule has 102 valence electrons. The molecule has 0 unspecified atom stereocenters. The van der Waals surface area contributed by atoms with E-state index in [4.69, 9.17) is 5.26 Å². The number of nitrogens with zero attached hydrogens (tertiary/aromatic N) is 1. The number of hydrogen-bond donors (Lipinski definition) is 2. The standard InChI is InChI=1S/C16H22N2O/c1-13-9-14(10-17)5-6-15(13)11-18-16(12-19)7-3-2-4-8-16/h5-6,9,18-19H,2-4,7-8,11-12H2,1H3. The predicted octanol–water partition coefficient (Wildman–Crippen LogP) is 2.65. The highest BCUT2D eigenvalue weighted by atomic mass is 16.3. The molecule has 0 bridgehead atoms. The summed E-state index contributed by atoms with van der Waals surface area (Å²) in [7, 11) is 0. The maximum atomic E-state index is 9.67. The fourth-order valence-corrected chi connectivity index (χ4v) is 2.87. The van der Waals surface area contributed by atoms with E-state index in [-0.39, 0.29) is 12.1 Å². The molecular weight excluding hydrogens is 236 g/mol. The topological polar surface area (TPSA) is 56.0 Å². The zero-order chi connectivity index (χ0) is 13.7. The number of aryl methyl sites for hydroxylation is 1. The van der Waals surface area contributed by atoms with Crippen LogP contribution in [-0.4, -0.2) is 17.3 Å². The fourth-order valence-electron chi connectivity index (χ4n) is 2.87. The Morgan fingerprint density at radius 1 is 1.32 bits per heavy atom. The minimum absolute atomic E-state index is 0.0986. The van der Waals surface area contributed by atoms with Gasteiger partial charge in [0.1, 0.15) is 0 Å². The van der Waals surface area contributed by atoms with Gasteiger partial charge >= 0.3 is 0 Å². The van der Waals surface area contributed by atoms with Gasteiger partial charge in [0.25, 0.3) is 0 Å². The van der Waals surface area contributed by atoms with E-state index in [1.165, 1.54) is 24.8 Å². The predicted molar refractivity (Wildman–Crippen MR) is 75.6 cm³/mol. The average Bonchev–Trinajstić information content (AvgIpc) is 2.47. The number of nitriles is 1. The molecule has 0 heterocycles. The van der Waals surface area contributed by atoms with Crippen molar-refractivity contribution < 1.29 is 5.11 Å². The van der Waals surface area contributed by atoms with E-state index in [1.807, 2.05) is 25.1 Å². The Hall–Kier alpha value is -1.37. The summed E-state index contributed by atoms with van der Waals surface area (Å²) in [5, 5.41) is 22.1. The Labute approximate surface area is 115 Å². The fraction of sp³-hybridized carbons (Fsp3) is 0.562. The van der Waals surface area contributed by atoms with Crippen LogP contribution in [0.1, 0.15) is 48.8 Å². The highest BCUT2D eigenvalue weighted by Gasteiger charge is 2.30. The summed E-state index contributed by atoms with van der Waals surface area (Å²) in [6.45, 7) is 3.00. The van der Waals surface area contributed by atoms with Crippen LogP contribution in [-0.2, 0) is 6.54 Å². The van der Waals surface area contributed by atoms with Crippen molar-refractivity contribution in [2.24, 2.45) is 0 Å². The quantitative estimate of drug-likeness (QED) is 0.873. The van der Waals surface area contributed by atoms with Crippen molar-refractivity contribution in [1.29, 1.82) is 5.26 Å². The molecule has 0 aromatic heterocycles. The Morgan fingerprint density at radius 3 is 2.63 bits per heavy atom. The second-order valence-electron chi connectivity index (χ2n) is 5.61. The molecule has 1 aromatic rings. The zero-order valence-corrected chi connectivity index (χ0v) is 11.6. The van der Waals surface area contributed by atoms with Crippen molar-refractivity contribution in [3.8, 4) is 6.07 Å². The third-order valence-electron chi connectivity index (χ3n) is 4.24. The normalized spacial score (nSPS) is 17.9. The summed E-state index contributed by atoms with van der Waals surface area (Å²) in [4.78, 5) is 0. The van der Waals surface area contributed by atoms with Crippen molar-refractivity contribution in [1.82, 2.24) is 5.32 Å². The van der Waals surface area contributed by atoms with Crippen LogP contribution in [0.15, 0.2) is 18.2 Å². The smallest absolute Gasteiger partial charge is 0.0991 e. The van der Waals surface area contributed by atoms with Crippen LogP contribution in [0, 0.1) is 18.3 Å². The first-order valence-electron chi connectivity index (χ1n) is 7.05. The second kappa shape index (κ2) is 6.18. The van der Waals surface area contributed by atoms with Gasteiger partial charge in [0, 0.05) is 12.1 Å². The van der Waals surface area contributed by atoms with Crippen LogP contribution in [0.25, 0.3) is 0 Å². The van der Waals surface area contributed by atoms with Crippen LogP contribution in [0.3, 0.4) is 0 Å². The molecular formula is C16H22N2O. The van der Waals surface area contributed by atoms with Gasteiger partial charge in [-0.05, 0) is 43.0 Å². The van der Waals surface area contributed by atoms with Crippen LogP contribution >= 0.6 is 0 Å². The lowest BCUT2D eigenvalue weighted by Crippen LogP contribution is -2.49. The molecule has 3 nitrogen and oxygen atoms in total. The molecule has 1 aromatic carbocycles. The maximum Gasteiger partial charge on any atom is 0.0991 e. The van der Waals surface area contributed by atoms with Crippen LogP contribution in [0.2, 0.25) is 0 Å². The van der Waals surface area contributed by atoms with Crippen LogP contribution < -0.4 is 5.32 Å². The van der Waals surface area contributed by atoms with Gasteiger partial charge in [-0.1, -0.05) is 25.3 Å². The number of benzene rings is 1. The van der Waals surface area contributed by atoms with Gasteiger partial charge in [0.05, 0.1) is 18.2 Å². The summed E-state index contributed by atoms with van der Waals surface area (Å²) >= 11 is 0. The Kier molecular flexibility index (Phi) is 4.57. The van der Waals surface area contributed by atoms with Gasteiger partial charge in [-0.25, -0.2) is 0 Å². The van der Waals surface area contributed by atoms with Gasteiger partial charge in [-0.15, -0.1) is 0 Å². The van der Waals surface area contributed by atoms with Crippen LogP contribution in [0.5, 0.6) is 0 Å². The molecule has 0 aliphatic heterocycles. The van der Waals surface area contributed by atoms with E-state index in [0.29, 0.717) is 5.56 Å². The number of rotatable bonds is 4. The van der Waals surface area contributed by atoms with Gasteiger partial charge in [0.15, 0.2) is 0 Å². The SMILES string of the molecule is Cc1cc(C#N)ccc1CNC1(CO)CCCCC1. The monoisotopic (exact) mass is 258 g/mol.